The molecule has 0 aliphatic rings. The van der Waals surface area contributed by atoms with E-state index in [0.717, 1.165) is 31.7 Å². The molecule has 4 nitrogen and oxygen atoms in total. The van der Waals surface area contributed by atoms with Crippen LogP contribution in [0.25, 0.3) is 0 Å². The summed E-state index contributed by atoms with van der Waals surface area (Å²) in [6, 6.07) is 0.558. The summed E-state index contributed by atoms with van der Waals surface area (Å²) in [5.74, 6) is 0. The lowest BCUT2D eigenvalue weighted by molar-refractivity contribution is 0.556. The van der Waals surface area contributed by atoms with E-state index in [1.54, 1.807) is 0 Å². The van der Waals surface area contributed by atoms with Gasteiger partial charge in [0.05, 0.1) is 10.6 Å². The summed E-state index contributed by atoms with van der Waals surface area (Å²) >= 11 is 1.49. The molecule has 0 fully saturated rings. The van der Waals surface area contributed by atoms with Crippen molar-refractivity contribution in [1.82, 2.24) is 20.2 Å². The zero-order chi connectivity index (χ0) is 11.1. The predicted octanol–water partition coefficient (Wildman–Crippen LogP) is 1.19. The number of nitrogens with zero attached hydrogens (tertiary/aromatic N) is 2. The highest BCUT2D eigenvalue weighted by Crippen LogP contribution is 2.09. The van der Waals surface area contributed by atoms with Gasteiger partial charge < -0.3 is 10.6 Å². The van der Waals surface area contributed by atoms with Crippen LogP contribution in [0.3, 0.4) is 0 Å². The van der Waals surface area contributed by atoms with Crippen LogP contribution in [-0.4, -0.2) is 28.7 Å². The Bertz CT molecular complexity index is 272. The van der Waals surface area contributed by atoms with Crippen molar-refractivity contribution in [1.29, 1.82) is 0 Å². The van der Waals surface area contributed by atoms with Gasteiger partial charge in [0.25, 0.3) is 0 Å². The monoisotopic (exact) mass is 228 g/mol. The van der Waals surface area contributed by atoms with E-state index in [2.05, 4.69) is 41.0 Å². The molecule has 0 aliphatic carbocycles. The summed E-state index contributed by atoms with van der Waals surface area (Å²) in [4.78, 5) is 1.27. The molecular weight excluding hydrogens is 208 g/mol. The maximum atomic E-state index is 4.07. The van der Waals surface area contributed by atoms with Crippen molar-refractivity contribution in [3.8, 4) is 0 Å². The third kappa shape index (κ3) is 4.68. The first-order valence-corrected chi connectivity index (χ1v) is 6.25. The molecule has 0 saturated carbocycles. The van der Waals surface area contributed by atoms with Crippen molar-refractivity contribution in [2.75, 3.05) is 13.1 Å². The zero-order valence-corrected chi connectivity index (χ0v) is 10.5. The quantitative estimate of drug-likeness (QED) is 0.688. The molecule has 0 spiro atoms. The lowest BCUT2D eigenvalue weighted by Gasteiger charge is -2.08. The van der Waals surface area contributed by atoms with Gasteiger partial charge in [0.15, 0.2) is 0 Å². The molecule has 0 aromatic carbocycles. The molecule has 86 valence electrons. The molecule has 0 saturated heterocycles. The molecule has 0 bridgehead atoms. The minimum absolute atomic E-state index is 0.558. The van der Waals surface area contributed by atoms with E-state index in [9.17, 15) is 0 Å². The summed E-state index contributed by atoms with van der Waals surface area (Å²) in [5, 5.41) is 10.8. The van der Waals surface area contributed by atoms with Gasteiger partial charge in [0.2, 0.25) is 0 Å². The van der Waals surface area contributed by atoms with Gasteiger partial charge in [-0.1, -0.05) is 25.3 Å². The van der Waals surface area contributed by atoms with Gasteiger partial charge in [-0.2, -0.15) is 0 Å². The maximum Gasteiger partial charge on any atom is 0.0797 e. The van der Waals surface area contributed by atoms with E-state index in [-0.39, 0.29) is 0 Å². The van der Waals surface area contributed by atoms with Gasteiger partial charge in [-0.25, -0.2) is 0 Å². The standard InChI is InChI=1S/C10H20N4S/c1-4-9-10(15-14-13-9)7-11-5-6-12-8(2)3/h8,11-12H,4-7H2,1-3H3. The van der Waals surface area contributed by atoms with Gasteiger partial charge >= 0.3 is 0 Å². The average Bonchev–Trinajstić information content (AvgIpc) is 2.64. The number of aromatic nitrogens is 2. The van der Waals surface area contributed by atoms with Gasteiger partial charge in [-0.15, -0.1) is 5.10 Å². The first kappa shape index (κ1) is 12.5. The Hall–Kier alpha value is -0.520. The van der Waals surface area contributed by atoms with Crippen LogP contribution in [0.2, 0.25) is 0 Å². The molecule has 15 heavy (non-hydrogen) atoms. The third-order valence-electron chi connectivity index (χ3n) is 2.11. The number of nitrogens with one attached hydrogen (secondary N) is 2. The Morgan fingerprint density at radius 2 is 2.13 bits per heavy atom. The molecule has 0 radical (unpaired) electrons. The molecule has 1 heterocycles. The molecule has 1 aromatic rings. The largest absolute Gasteiger partial charge is 0.313 e. The lowest BCUT2D eigenvalue weighted by Crippen LogP contribution is -2.31. The third-order valence-corrected chi connectivity index (χ3v) is 2.87. The number of rotatable bonds is 7. The van der Waals surface area contributed by atoms with Crippen LogP contribution < -0.4 is 10.6 Å². The van der Waals surface area contributed by atoms with Gasteiger partial charge in [0.1, 0.15) is 0 Å². The van der Waals surface area contributed by atoms with Crippen molar-refractivity contribution in [2.45, 2.75) is 39.8 Å². The molecule has 0 unspecified atom stereocenters. The number of hydrogen-bond donors (Lipinski definition) is 2. The van der Waals surface area contributed by atoms with Gasteiger partial charge in [-0.3, -0.25) is 0 Å². The minimum Gasteiger partial charge on any atom is -0.313 e. The fourth-order valence-corrected chi connectivity index (χ4v) is 1.98. The van der Waals surface area contributed by atoms with Gasteiger partial charge in [0, 0.05) is 25.7 Å². The van der Waals surface area contributed by atoms with Crippen molar-refractivity contribution in [3.05, 3.63) is 10.6 Å². The van der Waals surface area contributed by atoms with Crippen molar-refractivity contribution >= 4 is 11.5 Å². The highest BCUT2D eigenvalue weighted by Gasteiger charge is 2.04. The zero-order valence-electron chi connectivity index (χ0n) is 9.71. The second-order valence-corrected chi connectivity index (χ2v) is 4.62. The SMILES string of the molecule is CCc1nnsc1CNCCNC(C)C. The molecule has 2 N–H and O–H groups in total. The second kappa shape index (κ2) is 6.87. The average molecular weight is 228 g/mol. The molecule has 1 aromatic heterocycles. The summed E-state index contributed by atoms with van der Waals surface area (Å²) in [7, 11) is 0. The van der Waals surface area contributed by atoms with E-state index < -0.39 is 0 Å². The smallest absolute Gasteiger partial charge is 0.0797 e. The normalized spacial score (nSPS) is 11.2. The topological polar surface area (TPSA) is 49.8 Å². The van der Waals surface area contributed by atoms with Gasteiger partial charge in [-0.05, 0) is 18.0 Å². The molecule has 0 amide bonds. The number of aryl methyl sites for hydroxylation is 1. The second-order valence-electron chi connectivity index (χ2n) is 3.78. The Kier molecular flexibility index (Phi) is 5.75. The molecule has 5 heteroatoms. The number of hydrogen-bond acceptors (Lipinski definition) is 5. The van der Waals surface area contributed by atoms with E-state index in [4.69, 9.17) is 0 Å². The Morgan fingerprint density at radius 1 is 1.33 bits per heavy atom. The van der Waals surface area contributed by atoms with E-state index in [1.165, 1.54) is 16.4 Å². The van der Waals surface area contributed by atoms with Crippen LogP contribution in [0.5, 0.6) is 0 Å². The van der Waals surface area contributed by atoms with Crippen LogP contribution in [0.4, 0.5) is 0 Å². The fraction of sp³-hybridized carbons (Fsp3) is 0.800. The Morgan fingerprint density at radius 3 is 2.80 bits per heavy atom. The molecule has 0 aliphatic heterocycles. The van der Waals surface area contributed by atoms with E-state index in [0.29, 0.717) is 6.04 Å². The lowest BCUT2D eigenvalue weighted by atomic mass is 10.3. The first-order valence-electron chi connectivity index (χ1n) is 5.48. The summed E-state index contributed by atoms with van der Waals surface area (Å²) in [5.41, 5.74) is 1.13. The van der Waals surface area contributed by atoms with Crippen molar-refractivity contribution < 1.29 is 0 Å². The van der Waals surface area contributed by atoms with Crippen LogP contribution in [0.1, 0.15) is 31.3 Å². The first-order chi connectivity index (χ1) is 7.24. The highest BCUT2D eigenvalue weighted by atomic mass is 32.1. The summed E-state index contributed by atoms with van der Waals surface area (Å²) < 4.78 is 3.96. The van der Waals surface area contributed by atoms with Crippen molar-refractivity contribution in [3.63, 3.8) is 0 Å². The van der Waals surface area contributed by atoms with Crippen LogP contribution in [0.15, 0.2) is 0 Å². The summed E-state index contributed by atoms with van der Waals surface area (Å²) in [6.45, 7) is 9.30. The van der Waals surface area contributed by atoms with Crippen LogP contribution in [0, 0.1) is 0 Å². The highest BCUT2D eigenvalue weighted by molar-refractivity contribution is 7.05. The van der Waals surface area contributed by atoms with E-state index >= 15 is 0 Å². The summed E-state index contributed by atoms with van der Waals surface area (Å²) in [6.07, 6.45) is 0.970. The van der Waals surface area contributed by atoms with Crippen LogP contribution in [-0.2, 0) is 13.0 Å². The molecule has 0 atom stereocenters. The van der Waals surface area contributed by atoms with Crippen molar-refractivity contribution in [2.24, 2.45) is 0 Å². The minimum atomic E-state index is 0.558. The fourth-order valence-electron chi connectivity index (χ4n) is 1.28. The molecular formula is C10H20N4S. The predicted molar refractivity (Wildman–Crippen MR) is 64.1 cm³/mol. The van der Waals surface area contributed by atoms with E-state index in [1.807, 2.05) is 0 Å². The van der Waals surface area contributed by atoms with Crippen LogP contribution >= 0.6 is 11.5 Å². The Labute approximate surface area is 95.6 Å². The molecule has 1 rings (SSSR count). The Balaban J connectivity index is 2.15. The maximum absolute atomic E-state index is 4.07.